The fourth-order valence-electron chi connectivity index (χ4n) is 1.71. The van der Waals surface area contributed by atoms with Gasteiger partial charge < -0.3 is 9.47 Å². The van der Waals surface area contributed by atoms with Gasteiger partial charge in [-0.2, -0.15) is 0 Å². The van der Waals surface area contributed by atoms with Crippen LogP contribution in [0.1, 0.15) is 15.9 Å². The number of aryl methyl sites for hydroxylation is 1. The zero-order valence-electron chi connectivity index (χ0n) is 10.7. The molecule has 0 aliphatic carbocycles. The number of alkyl halides is 1. The van der Waals surface area contributed by atoms with Gasteiger partial charge >= 0.3 is 0 Å². The largest absolute Gasteiger partial charge is 0.472 e. The molecule has 0 spiro atoms. The van der Waals surface area contributed by atoms with Gasteiger partial charge in [-0.15, -0.1) is 5.10 Å². The van der Waals surface area contributed by atoms with Crippen molar-refractivity contribution in [1.82, 2.24) is 9.78 Å². The van der Waals surface area contributed by atoms with E-state index in [0.717, 1.165) is 0 Å². The Bertz CT molecular complexity index is 615. The minimum absolute atomic E-state index is 0.000972. The Labute approximate surface area is 119 Å². The highest BCUT2D eigenvalue weighted by Gasteiger charge is 2.15. The predicted molar refractivity (Wildman–Crippen MR) is 70.8 cm³/mol. The normalized spacial score (nSPS) is 10.3. The molecular weight excluding hydrogens is 287 g/mol. The van der Waals surface area contributed by atoms with Crippen LogP contribution in [0, 0.1) is 0 Å². The van der Waals surface area contributed by atoms with Crippen LogP contribution in [0.15, 0.2) is 30.5 Å². The van der Waals surface area contributed by atoms with Crippen LogP contribution in [0.25, 0.3) is 0 Å². The third-order valence-electron chi connectivity index (χ3n) is 2.61. The second-order valence-electron chi connectivity index (χ2n) is 3.93. The van der Waals surface area contributed by atoms with Gasteiger partial charge in [-0.05, 0) is 23.7 Å². The molecule has 0 radical (unpaired) electrons. The van der Waals surface area contributed by atoms with Crippen LogP contribution >= 0.6 is 11.6 Å². The zero-order valence-corrected chi connectivity index (χ0v) is 11.4. The van der Waals surface area contributed by atoms with Crippen molar-refractivity contribution in [1.29, 1.82) is 0 Å². The van der Waals surface area contributed by atoms with Crippen molar-refractivity contribution in [3.8, 4) is 11.6 Å². The molecule has 2 rings (SSSR count). The monoisotopic (exact) mass is 298 g/mol. The Morgan fingerprint density at radius 1 is 1.40 bits per heavy atom. The molecular formula is C13H12ClFN2O3. The maximum Gasteiger partial charge on any atom is 0.252 e. The number of benzene rings is 1. The molecule has 0 fully saturated rings. The number of aromatic nitrogens is 2. The van der Waals surface area contributed by atoms with Crippen molar-refractivity contribution in [2.45, 2.75) is 6.61 Å². The van der Waals surface area contributed by atoms with Crippen LogP contribution in [-0.4, -0.2) is 21.9 Å². The molecule has 1 heterocycles. The summed E-state index contributed by atoms with van der Waals surface area (Å²) in [7, 11) is 1.75. The highest BCUT2D eigenvalue weighted by atomic mass is 35.5. The van der Waals surface area contributed by atoms with Crippen LogP contribution in [0.3, 0.4) is 0 Å². The Hall–Kier alpha value is -2.08. The molecule has 7 heteroatoms. The second-order valence-corrected chi connectivity index (χ2v) is 4.27. The first-order chi connectivity index (χ1) is 9.61. The Balaban J connectivity index is 2.25. The molecule has 0 aliphatic heterocycles. The van der Waals surface area contributed by atoms with E-state index in [1.54, 1.807) is 36.1 Å². The smallest absolute Gasteiger partial charge is 0.252 e. The number of carbonyl (C=O) groups excluding carboxylic acids is 1. The summed E-state index contributed by atoms with van der Waals surface area (Å²) < 4.78 is 24.2. The molecule has 0 unspecified atom stereocenters. The highest BCUT2D eigenvalue weighted by molar-refractivity contribution is 6.68. The average Bonchev–Trinajstić information content (AvgIpc) is 2.83. The lowest BCUT2D eigenvalue weighted by Crippen LogP contribution is -2.06. The van der Waals surface area contributed by atoms with E-state index in [0.29, 0.717) is 11.4 Å². The Morgan fingerprint density at radius 3 is 2.80 bits per heavy atom. The third-order valence-corrected chi connectivity index (χ3v) is 2.81. The summed E-state index contributed by atoms with van der Waals surface area (Å²) in [5.74, 6) is 0.602. The average molecular weight is 299 g/mol. The molecule has 1 aromatic heterocycles. The van der Waals surface area contributed by atoms with Crippen LogP contribution in [0.2, 0.25) is 0 Å². The summed E-state index contributed by atoms with van der Waals surface area (Å²) in [5.41, 5.74) is 0.601. The van der Waals surface area contributed by atoms with Gasteiger partial charge in [-0.3, -0.25) is 9.48 Å². The minimum atomic E-state index is -1.00. The quantitative estimate of drug-likeness (QED) is 0.769. The van der Waals surface area contributed by atoms with E-state index in [-0.39, 0.29) is 17.9 Å². The zero-order chi connectivity index (χ0) is 14.5. The summed E-state index contributed by atoms with van der Waals surface area (Å²) in [6.07, 6.45) is 1.72. The van der Waals surface area contributed by atoms with E-state index >= 15 is 0 Å². The van der Waals surface area contributed by atoms with Crippen LogP contribution < -0.4 is 9.47 Å². The standard InChI is InChI=1S/C13H12ClFN2O3/c1-17-6-5-12(16-17)19-7-10-9(13(14)18)3-2-4-11(10)20-8-15/h2-6H,7-8H2,1H3. The van der Waals surface area contributed by atoms with E-state index in [9.17, 15) is 9.18 Å². The first-order valence-corrected chi connectivity index (χ1v) is 6.12. The van der Waals surface area contributed by atoms with Crippen molar-refractivity contribution in [3.05, 3.63) is 41.6 Å². The molecule has 20 heavy (non-hydrogen) atoms. The summed E-state index contributed by atoms with van der Waals surface area (Å²) in [4.78, 5) is 11.4. The Kier molecular flexibility index (Phi) is 4.57. The number of rotatable bonds is 6. The van der Waals surface area contributed by atoms with Gasteiger partial charge in [-0.25, -0.2) is 4.39 Å². The Morgan fingerprint density at radius 2 is 2.20 bits per heavy atom. The molecule has 1 aromatic carbocycles. The van der Waals surface area contributed by atoms with Crippen LogP contribution in [-0.2, 0) is 13.7 Å². The molecule has 0 bridgehead atoms. The lowest BCUT2D eigenvalue weighted by atomic mass is 10.1. The van der Waals surface area contributed by atoms with E-state index < -0.39 is 12.1 Å². The third kappa shape index (κ3) is 3.27. The van der Waals surface area contributed by atoms with Gasteiger partial charge in [-0.1, -0.05) is 6.07 Å². The van der Waals surface area contributed by atoms with Gasteiger partial charge in [0.05, 0.1) is 0 Å². The van der Waals surface area contributed by atoms with E-state index in [2.05, 4.69) is 5.10 Å². The molecule has 0 saturated heterocycles. The number of halogens is 2. The van der Waals surface area contributed by atoms with E-state index in [4.69, 9.17) is 21.1 Å². The van der Waals surface area contributed by atoms with Crippen LogP contribution in [0.4, 0.5) is 4.39 Å². The number of hydrogen-bond donors (Lipinski definition) is 0. The number of hydrogen-bond acceptors (Lipinski definition) is 4. The molecule has 0 atom stereocenters. The molecule has 5 nitrogen and oxygen atoms in total. The second kappa shape index (κ2) is 6.38. The topological polar surface area (TPSA) is 53.4 Å². The van der Waals surface area contributed by atoms with Gasteiger partial charge in [0.1, 0.15) is 12.4 Å². The molecule has 0 N–H and O–H groups in total. The van der Waals surface area contributed by atoms with Crippen molar-refractivity contribution in [3.63, 3.8) is 0 Å². The van der Waals surface area contributed by atoms with Crippen molar-refractivity contribution < 1.29 is 18.7 Å². The van der Waals surface area contributed by atoms with E-state index in [1.165, 1.54) is 6.07 Å². The fraction of sp³-hybridized carbons (Fsp3) is 0.231. The summed E-state index contributed by atoms with van der Waals surface area (Å²) in [6.45, 7) is -1.00. The van der Waals surface area contributed by atoms with Gasteiger partial charge in [0.15, 0.2) is 0 Å². The molecule has 0 saturated carbocycles. The number of carbonyl (C=O) groups is 1. The number of nitrogens with zero attached hydrogens (tertiary/aromatic N) is 2. The van der Waals surface area contributed by atoms with Crippen LogP contribution in [0.5, 0.6) is 11.6 Å². The number of ether oxygens (including phenoxy) is 2. The fourth-order valence-corrected chi connectivity index (χ4v) is 1.89. The predicted octanol–water partition coefficient (Wildman–Crippen LogP) is 2.68. The molecule has 0 aliphatic rings. The summed E-state index contributed by atoms with van der Waals surface area (Å²) in [6, 6.07) is 6.29. The van der Waals surface area contributed by atoms with E-state index in [1.807, 2.05) is 0 Å². The lowest BCUT2D eigenvalue weighted by molar-refractivity contribution is 0.107. The van der Waals surface area contributed by atoms with Gasteiger partial charge in [0.2, 0.25) is 12.7 Å². The first kappa shape index (κ1) is 14.3. The lowest BCUT2D eigenvalue weighted by Gasteiger charge is -2.12. The summed E-state index contributed by atoms with van der Waals surface area (Å²) in [5, 5.41) is 3.38. The van der Waals surface area contributed by atoms with Gasteiger partial charge in [0.25, 0.3) is 5.24 Å². The summed E-state index contributed by atoms with van der Waals surface area (Å²) >= 11 is 5.50. The molecule has 0 amide bonds. The molecule has 2 aromatic rings. The SMILES string of the molecule is Cn1ccc(OCc2c(OCF)cccc2C(=O)Cl)n1. The maximum atomic E-state index is 12.4. The van der Waals surface area contributed by atoms with Gasteiger partial charge in [0, 0.05) is 30.4 Å². The van der Waals surface area contributed by atoms with Crippen molar-refractivity contribution in [2.24, 2.45) is 7.05 Å². The highest BCUT2D eigenvalue weighted by Crippen LogP contribution is 2.25. The maximum absolute atomic E-state index is 12.4. The van der Waals surface area contributed by atoms with Crippen molar-refractivity contribution in [2.75, 3.05) is 6.86 Å². The minimum Gasteiger partial charge on any atom is -0.472 e. The first-order valence-electron chi connectivity index (χ1n) is 5.74. The molecule has 106 valence electrons. The van der Waals surface area contributed by atoms with Crippen molar-refractivity contribution >= 4 is 16.8 Å².